The molecule has 1 amide bonds. The average molecular weight is 388 g/mol. The Hall–Kier alpha value is -3.94. The summed E-state index contributed by atoms with van der Waals surface area (Å²) in [6.45, 7) is 1.99. The molecule has 8 heteroatoms. The van der Waals surface area contributed by atoms with E-state index in [1.807, 2.05) is 60.7 Å². The number of pyridine rings is 1. The van der Waals surface area contributed by atoms with Gasteiger partial charge in [-0.1, -0.05) is 65.9 Å². The summed E-state index contributed by atoms with van der Waals surface area (Å²) in [4.78, 5) is 16.3. The third-order valence-corrected chi connectivity index (χ3v) is 4.44. The number of carbonyl (C=O) groups excluding carboxylic acids is 1. The third kappa shape index (κ3) is 3.73. The van der Waals surface area contributed by atoms with Gasteiger partial charge in [-0.15, -0.1) is 5.10 Å². The molecule has 0 saturated carbocycles. The number of benzene rings is 2. The number of rotatable bonds is 5. The fourth-order valence-corrected chi connectivity index (χ4v) is 3.20. The Balaban J connectivity index is 1.86. The molecule has 0 atom stereocenters. The van der Waals surface area contributed by atoms with E-state index in [1.54, 1.807) is 11.6 Å². The van der Waals surface area contributed by atoms with Crippen LogP contribution in [0.25, 0.3) is 11.2 Å². The monoisotopic (exact) mass is 388 g/mol. The molecule has 3 N–H and O–H groups in total. The SMILES string of the molecule is CCOC(=O)Nc1cc(N)c2nnn(C(c3ccccc3)c3ccccc3)c2n1. The Bertz CT molecular complexity index is 1090. The third-order valence-electron chi connectivity index (χ3n) is 4.44. The molecule has 4 rings (SSSR count). The zero-order valence-corrected chi connectivity index (χ0v) is 15.8. The van der Waals surface area contributed by atoms with Gasteiger partial charge < -0.3 is 10.5 Å². The van der Waals surface area contributed by atoms with Crippen molar-refractivity contribution in [2.75, 3.05) is 17.7 Å². The smallest absolute Gasteiger partial charge is 0.412 e. The van der Waals surface area contributed by atoms with E-state index in [-0.39, 0.29) is 18.5 Å². The number of nitrogens with one attached hydrogen (secondary N) is 1. The molecule has 0 unspecified atom stereocenters. The fraction of sp³-hybridized carbons (Fsp3) is 0.143. The molecular weight excluding hydrogens is 368 g/mol. The van der Waals surface area contributed by atoms with E-state index in [1.165, 1.54) is 6.07 Å². The predicted octanol–water partition coefficient (Wildman–Crippen LogP) is 3.61. The number of nitrogens with zero attached hydrogens (tertiary/aromatic N) is 4. The zero-order chi connectivity index (χ0) is 20.2. The summed E-state index contributed by atoms with van der Waals surface area (Å²) in [6, 6.07) is 21.2. The summed E-state index contributed by atoms with van der Waals surface area (Å²) in [7, 11) is 0. The first-order chi connectivity index (χ1) is 14.2. The van der Waals surface area contributed by atoms with Gasteiger partial charge in [0.15, 0.2) is 11.2 Å². The van der Waals surface area contributed by atoms with Crippen LogP contribution in [0.15, 0.2) is 66.7 Å². The molecule has 146 valence electrons. The Kier molecular flexibility index (Phi) is 5.07. The second-order valence-electron chi connectivity index (χ2n) is 6.37. The molecule has 0 radical (unpaired) electrons. The maximum absolute atomic E-state index is 11.8. The summed E-state index contributed by atoms with van der Waals surface area (Å²) in [5.74, 6) is 0.275. The van der Waals surface area contributed by atoms with Crippen LogP contribution in [0.4, 0.5) is 16.3 Å². The van der Waals surface area contributed by atoms with Crippen molar-refractivity contribution in [3.05, 3.63) is 77.9 Å². The summed E-state index contributed by atoms with van der Waals surface area (Å²) in [5, 5.41) is 11.2. The summed E-state index contributed by atoms with van der Waals surface area (Å²) in [6.07, 6.45) is -0.597. The molecule has 0 fully saturated rings. The van der Waals surface area contributed by atoms with E-state index >= 15 is 0 Å². The van der Waals surface area contributed by atoms with E-state index in [9.17, 15) is 4.79 Å². The van der Waals surface area contributed by atoms with Crippen molar-refractivity contribution in [3.63, 3.8) is 0 Å². The zero-order valence-electron chi connectivity index (χ0n) is 15.8. The maximum atomic E-state index is 11.8. The van der Waals surface area contributed by atoms with E-state index in [4.69, 9.17) is 10.5 Å². The van der Waals surface area contributed by atoms with E-state index < -0.39 is 6.09 Å². The highest BCUT2D eigenvalue weighted by atomic mass is 16.5. The normalized spacial score (nSPS) is 11.0. The number of carbonyl (C=O) groups is 1. The topological polar surface area (TPSA) is 108 Å². The Labute approximate surface area is 167 Å². The molecule has 0 spiro atoms. The van der Waals surface area contributed by atoms with E-state index in [0.717, 1.165) is 11.1 Å². The lowest BCUT2D eigenvalue weighted by atomic mass is 9.99. The molecule has 0 aliphatic carbocycles. The first-order valence-corrected chi connectivity index (χ1v) is 9.22. The Morgan fingerprint density at radius 1 is 1.10 bits per heavy atom. The highest BCUT2D eigenvalue weighted by molar-refractivity contribution is 5.90. The van der Waals surface area contributed by atoms with E-state index in [0.29, 0.717) is 16.9 Å². The van der Waals surface area contributed by atoms with Crippen LogP contribution in [0.2, 0.25) is 0 Å². The molecule has 0 aliphatic rings. The quantitative estimate of drug-likeness (QED) is 0.541. The lowest BCUT2D eigenvalue weighted by molar-refractivity contribution is 0.168. The number of hydrogen-bond acceptors (Lipinski definition) is 6. The molecule has 29 heavy (non-hydrogen) atoms. The number of hydrogen-bond donors (Lipinski definition) is 2. The van der Waals surface area contributed by atoms with E-state index in [2.05, 4.69) is 20.6 Å². The molecule has 0 bridgehead atoms. The van der Waals surface area contributed by atoms with Crippen LogP contribution >= 0.6 is 0 Å². The van der Waals surface area contributed by atoms with Gasteiger partial charge in [0.05, 0.1) is 12.3 Å². The molecule has 4 aromatic rings. The van der Waals surface area contributed by atoms with Crippen LogP contribution in [-0.4, -0.2) is 32.7 Å². The second-order valence-corrected chi connectivity index (χ2v) is 6.37. The predicted molar refractivity (Wildman–Crippen MR) is 111 cm³/mol. The largest absolute Gasteiger partial charge is 0.450 e. The minimum Gasteiger partial charge on any atom is -0.450 e. The number of anilines is 2. The van der Waals surface area contributed by atoms with Gasteiger partial charge in [0.2, 0.25) is 0 Å². The fourth-order valence-electron chi connectivity index (χ4n) is 3.20. The van der Waals surface area contributed by atoms with Gasteiger partial charge in [0.25, 0.3) is 0 Å². The standard InChI is InChI=1S/C21H20N6O2/c1-2-29-21(28)24-17-13-16(22)18-20(23-17)27(26-25-18)19(14-9-5-3-6-10-14)15-11-7-4-8-12-15/h3-13,19H,2H2,1H3,(H3,22,23,24,28). The Morgan fingerprint density at radius 3 is 2.31 bits per heavy atom. The average Bonchev–Trinajstić information content (AvgIpc) is 3.14. The minimum atomic E-state index is -0.597. The molecule has 0 saturated heterocycles. The number of nitrogen functional groups attached to an aromatic ring is 1. The molecule has 2 aromatic carbocycles. The van der Waals surface area contributed by atoms with Crippen LogP contribution in [0, 0.1) is 0 Å². The van der Waals surface area contributed by atoms with Crippen LogP contribution in [0.5, 0.6) is 0 Å². The van der Waals surface area contributed by atoms with Gasteiger partial charge in [-0.2, -0.15) is 0 Å². The van der Waals surface area contributed by atoms with Crippen LogP contribution in [-0.2, 0) is 4.74 Å². The number of aromatic nitrogens is 4. The summed E-state index contributed by atoms with van der Waals surface area (Å²) < 4.78 is 6.64. The molecule has 2 aromatic heterocycles. The molecular formula is C21H20N6O2. The Morgan fingerprint density at radius 2 is 1.72 bits per heavy atom. The first-order valence-electron chi connectivity index (χ1n) is 9.22. The van der Waals surface area contributed by atoms with Gasteiger partial charge in [0.1, 0.15) is 11.9 Å². The van der Waals surface area contributed by atoms with Crippen molar-refractivity contribution in [1.29, 1.82) is 0 Å². The van der Waals surface area contributed by atoms with Crippen molar-refractivity contribution in [2.24, 2.45) is 0 Å². The first kappa shape index (κ1) is 18.4. The van der Waals surface area contributed by atoms with Crippen molar-refractivity contribution in [1.82, 2.24) is 20.0 Å². The van der Waals surface area contributed by atoms with Gasteiger partial charge in [-0.3, -0.25) is 5.32 Å². The minimum absolute atomic E-state index is 0.257. The van der Waals surface area contributed by atoms with Crippen molar-refractivity contribution in [3.8, 4) is 0 Å². The summed E-state index contributed by atoms with van der Waals surface area (Å²) >= 11 is 0. The van der Waals surface area contributed by atoms with Crippen LogP contribution in [0.3, 0.4) is 0 Å². The van der Waals surface area contributed by atoms with Crippen molar-refractivity contribution < 1.29 is 9.53 Å². The second kappa shape index (κ2) is 7.97. The molecule has 8 nitrogen and oxygen atoms in total. The summed E-state index contributed by atoms with van der Waals surface area (Å²) in [5.41, 5.74) is 9.50. The molecule has 2 heterocycles. The number of fused-ring (bicyclic) bond motifs is 1. The van der Waals surface area contributed by atoms with Crippen LogP contribution in [0.1, 0.15) is 24.1 Å². The number of amides is 1. The van der Waals surface area contributed by atoms with Gasteiger partial charge in [-0.05, 0) is 18.1 Å². The van der Waals surface area contributed by atoms with Gasteiger partial charge >= 0.3 is 6.09 Å². The van der Waals surface area contributed by atoms with Crippen molar-refractivity contribution >= 4 is 28.8 Å². The lowest BCUT2D eigenvalue weighted by Gasteiger charge is -2.18. The lowest BCUT2D eigenvalue weighted by Crippen LogP contribution is -2.17. The van der Waals surface area contributed by atoms with Crippen LogP contribution < -0.4 is 11.1 Å². The van der Waals surface area contributed by atoms with Gasteiger partial charge in [0, 0.05) is 6.07 Å². The number of nitrogens with two attached hydrogens (primary N) is 1. The highest BCUT2D eigenvalue weighted by Crippen LogP contribution is 2.30. The number of ether oxygens (including phenoxy) is 1. The van der Waals surface area contributed by atoms with Gasteiger partial charge in [-0.25, -0.2) is 14.5 Å². The van der Waals surface area contributed by atoms with Crippen molar-refractivity contribution in [2.45, 2.75) is 13.0 Å². The molecule has 0 aliphatic heterocycles. The highest BCUT2D eigenvalue weighted by Gasteiger charge is 2.22. The maximum Gasteiger partial charge on any atom is 0.412 e.